The maximum Gasteiger partial charge on any atom is 0.145 e. The molecule has 0 amide bonds. The van der Waals surface area contributed by atoms with Gasteiger partial charge in [0.05, 0.1) is 13.2 Å². The summed E-state index contributed by atoms with van der Waals surface area (Å²) >= 11 is 0. The van der Waals surface area contributed by atoms with Gasteiger partial charge in [0.15, 0.2) is 0 Å². The van der Waals surface area contributed by atoms with Gasteiger partial charge in [0.2, 0.25) is 0 Å². The van der Waals surface area contributed by atoms with Gasteiger partial charge in [-0.05, 0) is 0 Å². The van der Waals surface area contributed by atoms with Crippen LogP contribution >= 0.6 is 0 Å². The van der Waals surface area contributed by atoms with Gasteiger partial charge in [0.25, 0.3) is 0 Å². The van der Waals surface area contributed by atoms with Crippen molar-refractivity contribution in [2.75, 3.05) is 26.4 Å². The summed E-state index contributed by atoms with van der Waals surface area (Å²) in [5.74, 6) is 2.31. The normalized spacial score (nSPS) is 8.70. The molecule has 0 saturated heterocycles. The predicted molar refractivity (Wildman–Crippen MR) is 36.5 cm³/mol. The molecule has 0 bridgehead atoms. The van der Waals surface area contributed by atoms with E-state index in [1.54, 1.807) is 0 Å². The van der Waals surface area contributed by atoms with Gasteiger partial charge in [0.1, 0.15) is 19.5 Å². The number of terminal acetylenes is 1. The highest BCUT2D eigenvalue weighted by Crippen LogP contribution is 1.75. The van der Waals surface area contributed by atoms with Gasteiger partial charge in [0, 0.05) is 0 Å². The highest BCUT2D eigenvalue weighted by Gasteiger charge is 1.84. The lowest BCUT2D eigenvalue weighted by Gasteiger charge is -1.98. The molecule has 0 heterocycles. The second kappa shape index (κ2) is 8.15. The molecule has 0 atom stereocenters. The minimum Gasteiger partial charge on any atom is -0.372 e. The van der Waals surface area contributed by atoms with E-state index in [0.29, 0.717) is 26.1 Å². The fraction of sp³-hybridized carbons (Fsp3) is 0.571. The van der Waals surface area contributed by atoms with E-state index in [4.69, 9.17) is 15.9 Å². The van der Waals surface area contributed by atoms with E-state index in [9.17, 15) is 4.79 Å². The standard InChI is InChI=1S/C7H10O3/c1-2-4-9-6-7-10-5-3-8/h1,3H,4-7H2. The minimum absolute atomic E-state index is 0.124. The SMILES string of the molecule is C#CCOCCOCC=O. The van der Waals surface area contributed by atoms with E-state index in [0.717, 1.165) is 0 Å². The summed E-state index contributed by atoms with van der Waals surface area (Å²) in [4.78, 5) is 9.70. The highest BCUT2D eigenvalue weighted by molar-refractivity contribution is 5.50. The van der Waals surface area contributed by atoms with Gasteiger partial charge in [-0.1, -0.05) is 5.92 Å². The molecule has 0 aliphatic rings. The molecule has 3 heteroatoms. The number of hydrogen-bond donors (Lipinski definition) is 0. The Morgan fingerprint density at radius 1 is 1.40 bits per heavy atom. The average Bonchev–Trinajstić information content (AvgIpc) is 1.97. The largest absolute Gasteiger partial charge is 0.372 e. The minimum atomic E-state index is 0.124. The van der Waals surface area contributed by atoms with E-state index in [1.165, 1.54) is 0 Å². The van der Waals surface area contributed by atoms with Crippen molar-refractivity contribution in [3.63, 3.8) is 0 Å². The van der Waals surface area contributed by atoms with Crippen molar-refractivity contribution >= 4 is 6.29 Å². The van der Waals surface area contributed by atoms with Crippen LogP contribution in [0.1, 0.15) is 0 Å². The second-order valence-electron chi connectivity index (χ2n) is 1.50. The third kappa shape index (κ3) is 7.15. The number of ether oxygens (including phenoxy) is 2. The summed E-state index contributed by atoms with van der Waals surface area (Å²) in [7, 11) is 0. The molecular formula is C7H10O3. The van der Waals surface area contributed by atoms with Crippen LogP contribution in [0.3, 0.4) is 0 Å². The van der Waals surface area contributed by atoms with Gasteiger partial charge in [-0.15, -0.1) is 6.42 Å². The van der Waals surface area contributed by atoms with Crippen LogP contribution in [0.5, 0.6) is 0 Å². The average molecular weight is 142 g/mol. The zero-order valence-corrected chi connectivity index (χ0v) is 5.71. The first kappa shape index (κ1) is 9.15. The van der Waals surface area contributed by atoms with E-state index < -0.39 is 0 Å². The topological polar surface area (TPSA) is 35.5 Å². The molecule has 0 aromatic carbocycles. The van der Waals surface area contributed by atoms with Gasteiger partial charge in [-0.3, -0.25) is 0 Å². The molecule has 10 heavy (non-hydrogen) atoms. The monoisotopic (exact) mass is 142 g/mol. The fourth-order valence-electron chi connectivity index (χ4n) is 0.380. The van der Waals surface area contributed by atoms with Crippen molar-refractivity contribution in [1.29, 1.82) is 0 Å². The molecule has 0 unspecified atom stereocenters. The van der Waals surface area contributed by atoms with Crippen LogP contribution in [0.25, 0.3) is 0 Å². The molecule has 0 fully saturated rings. The first-order chi connectivity index (χ1) is 4.91. The molecule has 0 saturated carbocycles. The smallest absolute Gasteiger partial charge is 0.145 e. The quantitative estimate of drug-likeness (QED) is 0.294. The van der Waals surface area contributed by atoms with Crippen molar-refractivity contribution in [2.45, 2.75) is 0 Å². The van der Waals surface area contributed by atoms with Crippen LogP contribution in [-0.2, 0) is 14.3 Å². The van der Waals surface area contributed by atoms with Crippen LogP contribution in [0.4, 0.5) is 0 Å². The Labute approximate surface area is 60.3 Å². The Hall–Kier alpha value is -0.850. The number of hydrogen-bond acceptors (Lipinski definition) is 3. The first-order valence-corrected chi connectivity index (χ1v) is 2.94. The Morgan fingerprint density at radius 2 is 2.10 bits per heavy atom. The molecule has 0 aliphatic carbocycles. The van der Waals surface area contributed by atoms with Gasteiger partial charge < -0.3 is 14.3 Å². The molecule has 0 radical (unpaired) electrons. The Kier molecular flexibility index (Phi) is 7.46. The van der Waals surface area contributed by atoms with Crippen molar-refractivity contribution in [1.82, 2.24) is 0 Å². The molecule has 56 valence electrons. The third-order valence-corrected chi connectivity index (χ3v) is 0.743. The lowest BCUT2D eigenvalue weighted by molar-refractivity contribution is -0.112. The fourth-order valence-corrected chi connectivity index (χ4v) is 0.380. The molecular weight excluding hydrogens is 132 g/mol. The number of rotatable bonds is 6. The van der Waals surface area contributed by atoms with E-state index in [2.05, 4.69) is 5.92 Å². The molecule has 3 nitrogen and oxygen atoms in total. The summed E-state index contributed by atoms with van der Waals surface area (Å²) in [6.07, 6.45) is 5.59. The zero-order valence-electron chi connectivity index (χ0n) is 5.71. The van der Waals surface area contributed by atoms with Gasteiger partial charge >= 0.3 is 0 Å². The Morgan fingerprint density at radius 3 is 2.70 bits per heavy atom. The summed E-state index contributed by atoms with van der Waals surface area (Å²) in [6.45, 7) is 1.28. The molecule has 0 aromatic rings. The van der Waals surface area contributed by atoms with Crippen LogP contribution in [0.15, 0.2) is 0 Å². The lowest BCUT2D eigenvalue weighted by atomic mass is 10.7. The molecule has 0 aromatic heterocycles. The summed E-state index contributed by atoms with van der Waals surface area (Å²) in [6, 6.07) is 0. The molecule has 0 N–H and O–H groups in total. The van der Waals surface area contributed by atoms with E-state index >= 15 is 0 Å². The van der Waals surface area contributed by atoms with Crippen LogP contribution < -0.4 is 0 Å². The summed E-state index contributed by atoms with van der Waals surface area (Å²) in [5, 5.41) is 0. The number of aldehydes is 1. The van der Waals surface area contributed by atoms with E-state index in [-0.39, 0.29) is 6.61 Å². The van der Waals surface area contributed by atoms with Crippen LogP contribution in [0, 0.1) is 12.3 Å². The van der Waals surface area contributed by atoms with Crippen LogP contribution in [0.2, 0.25) is 0 Å². The Balaban J connectivity index is 2.78. The number of carbonyl (C=O) groups is 1. The predicted octanol–water partition coefficient (Wildman–Crippen LogP) is -0.148. The van der Waals surface area contributed by atoms with Gasteiger partial charge in [-0.2, -0.15) is 0 Å². The molecule has 0 rings (SSSR count). The number of carbonyl (C=O) groups excluding carboxylic acids is 1. The second-order valence-corrected chi connectivity index (χ2v) is 1.50. The highest BCUT2D eigenvalue weighted by atomic mass is 16.5. The van der Waals surface area contributed by atoms with Crippen molar-refractivity contribution in [3.05, 3.63) is 0 Å². The molecule has 0 aliphatic heterocycles. The van der Waals surface area contributed by atoms with Crippen molar-refractivity contribution < 1.29 is 14.3 Å². The third-order valence-electron chi connectivity index (χ3n) is 0.743. The van der Waals surface area contributed by atoms with Crippen molar-refractivity contribution in [2.24, 2.45) is 0 Å². The Bertz CT molecular complexity index is 115. The zero-order chi connectivity index (χ0) is 7.66. The summed E-state index contributed by atoms with van der Waals surface area (Å²) < 4.78 is 9.62. The van der Waals surface area contributed by atoms with Crippen molar-refractivity contribution in [3.8, 4) is 12.3 Å². The lowest BCUT2D eigenvalue weighted by Crippen LogP contribution is -2.05. The maximum absolute atomic E-state index is 9.70. The molecule has 0 spiro atoms. The van der Waals surface area contributed by atoms with Gasteiger partial charge in [-0.25, -0.2) is 0 Å². The first-order valence-electron chi connectivity index (χ1n) is 2.94. The van der Waals surface area contributed by atoms with E-state index in [1.807, 2.05) is 0 Å². The maximum atomic E-state index is 9.70. The van der Waals surface area contributed by atoms with Crippen LogP contribution in [-0.4, -0.2) is 32.7 Å². The summed E-state index contributed by atoms with van der Waals surface area (Å²) in [5.41, 5.74) is 0.